The molecule has 0 atom stereocenters. The summed E-state index contributed by atoms with van der Waals surface area (Å²) in [6.07, 6.45) is 1.94. The van der Waals surface area contributed by atoms with Crippen molar-refractivity contribution >= 4 is 22.8 Å². The molecule has 0 fully saturated rings. The number of benzene rings is 1. The van der Waals surface area contributed by atoms with Crippen LogP contribution in [0.1, 0.15) is 5.82 Å². The minimum Gasteiger partial charge on any atom is -0.424 e. The van der Waals surface area contributed by atoms with Gasteiger partial charge in [0.15, 0.2) is 11.4 Å². The van der Waals surface area contributed by atoms with E-state index < -0.39 is 0 Å². The highest BCUT2D eigenvalue weighted by Gasteiger charge is 2.05. The van der Waals surface area contributed by atoms with Crippen molar-refractivity contribution in [2.24, 2.45) is 0 Å². The summed E-state index contributed by atoms with van der Waals surface area (Å²) in [5.41, 5.74) is 7.76. The molecule has 0 aliphatic carbocycles. The summed E-state index contributed by atoms with van der Waals surface area (Å²) < 4.78 is 10.1. The van der Waals surface area contributed by atoms with Gasteiger partial charge in [-0.15, -0.1) is 0 Å². The van der Waals surface area contributed by atoms with E-state index in [1.807, 2.05) is 0 Å². The Bertz CT molecular complexity index is 647. The van der Waals surface area contributed by atoms with E-state index >= 15 is 0 Å². The molecule has 18 heavy (non-hydrogen) atoms. The fourth-order valence-electron chi connectivity index (χ4n) is 1.60. The third kappa shape index (κ3) is 2.10. The maximum absolute atomic E-state index is 5.67. The molecule has 1 aromatic carbocycles. The third-order valence-electron chi connectivity index (χ3n) is 2.44. The van der Waals surface area contributed by atoms with Crippen molar-refractivity contribution in [3.05, 3.63) is 30.4 Å². The van der Waals surface area contributed by atoms with Crippen LogP contribution in [0.3, 0.4) is 0 Å². The summed E-state index contributed by atoms with van der Waals surface area (Å²) in [5.74, 6) is 0.642. The number of hydrogen-bond donors (Lipinski definition) is 2. The number of nitrogens with two attached hydrogens (primary N) is 1. The monoisotopic (exact) mass is 245 g/mol. The van der Waals surface area contributed by atoms with Crippen molar-refractivity contribution in [2.75, 3.05) is 17.6 Å². The molecule has 7 heteroatoms. The predicted molar refractivity (Wildman–Crippen MR) is 64.9 cm³/mol. The highest BCUT2D eigenvalue weighted by atomic mass is 16.5. The average Bonchev–Trinajstić information content (AvgIpc) is 2.97. The van der Waals surface area contributed by atoms with Crippen LogP contribution < -0.4 is 11.1 Å². The van der Waals surface area contributed by atoms with Crippen LogP contribution in [-0.2, 0) is 6.42 Å². The molecule has 0 saturated carbocycles. The average molecular weight is 245 g/mol. The molecule has 0 aliphatic heterocycles. The van der Waals surface area contributed by atoms with Gasteiger partial charge in [0.2, 0.25) is 6.39 Å². The van der Waals surface area contributed by atoms with Crippen LogP contribution in [0, 0.1) is 0 Å². The quantitative estimate of drug-likeness (QED) is 0.670. The lowest BCUT2D eigenvalue weighted by atomic mass is 10.3. The Morgan fingerprint density at radius 2 is 2.28 bits per heavy atom. The van der Waals surface area contributed by atoms with Crippen LogP contribution in [0.4, 0.5) is 11.7 Å². The van der Waals surface area contributed by atoms with E-state index in [4.69, 9.17) is 10.2 Å². The van der Waals surface area contributed by atoms with Crippen LogP contribution >= 0.6 is 0 Å². The predicted octanol–water partition coefficient (Wildman–Crippen LogP) is 1.45. The van der Waals surface area contributed by atoms with E-state index in [1.165, 1.54) is 6.39 Å². The summed E-state index contributed by atoms with van der Waals surface area (Å²) >= 11 is 0. The Morgan fingerprint density at radius 1 is 1.33 bits per heavy atom. The smallest absolute Gasteiger partial charge is 0.295 e. The van der Waals surface area contributed by atoms with E-state index in [1.54, 1.807) is 18.2 Å². The lowest BCUT2D eigenvalue weighted by molar-refractivity contribution is 0.410. The molecule has 2 heterocycles. The van der Waals surface area contributed by atoms with E-state index in [0.29, 0.717) is 36.1 Å². The first kappa shape index (κ1) is 10.6. The fraction of sp³-hybridized carbons (Fsp3) is 0.182. The van der Waals surface area contributed by atoms with E-state index in [2.05, 4.69) is 25.0 Å². The number of nitrogens with zero attached hydrogens (tertiary/aromatic N) is 3. The lowest BCUT2D eigenvalue weighted by Crippen LogP contribution is -2.05. The van der Waals surface area contributed by atoms with Gasteiger partial charge in [-0.2, -0.15) is 9.97 Å². The number of oxazole rings is 1. The van der Waals surface area contributed by atoms with Crippen molar-refractivity contribution in [2.45, 2.75) is 6.42 Å². The summed E-state index contributed by atoms with van der Waals surface area (Å²) in [7, 11) is 0. The molecule has 2 aromatic heterocycles. The van der Waals surface area contributed by atoms with E-state index in [0.717, 1.165) is 5.52 Å². The molecule has 0 amide bonds. The van der Waals surface area contributed by atoms with E-state index in [-0.39, 0.29) is 0 Å². The Balaban J connectivity index is 1.67. The molecular formula is C11H11N5O2. The van der Waals surface area contributed by atoms with Gasteiger partial charge >= 0.3 is 0 Å². The number of fused-ring (bicyclic) bond motifs is 1. The normalized spacial score (nSPS) is 10.9. The van der Waals surface area contributed by atoms with Gasteiger partial charge in [-0.3, -0.25) is 0 Å². The fourth-order valence-corrected chi connectivity index (χ4v) is 1.60. The molecule has 0 aliphatic rings. The zero-order valence-electron chi connectivity index (χ0n) is 9.46. The van der Waals surface area contributed by atoms with Crippen LogP contribution in [-0.4, -0.2) is 21.7 Å². The molecule has 0 bridgehead atoms. The minimum absolute atomic E-state index is 0.457. The zero-order chi connectivity index (χ0) is 12.4. The van der Waals surface area contributed by atoms with Gasteiger partial charge in [-0.25, -0.2) is 0 Å². The van der Waals surface area contributed by atoms with Crippen molar-refractivity contribution < 1.29 is 8.94 Å². The number of hydrogen-bond acceptors (Lipinski definition) is 7. The van der Waals surface area contributed by atoms with Gasteiger partial charge in [0.25, 0.3) is 6.01 Å². The second-order valence-corrected chi connectivity index (χ2v) is 3.77. The summed E-state index contributed by atoms with van der Waals surface area (Å²) in [6.45, 7) is 0.613. The first-order chi connectivity index (χ1) is 8.81. The highest BCUT2D eigenvalue weighted by Crippen LogP contribution is 2.20. The third-order valence-corrected chi connectivity index (χ3v) is 2.44. The molecule has 3 rings (SSSR count). The first-order valence-corrected chi connectivity index (χ1v) is 5.46. The number of aromatic nitrogens is 3. The largest absolute Gasteiger partial charge is 0.424 e. The Morgan fingerprint density at radius 3 is 3.11 bits per heavy atom. The molecule has 0 unspecified atom stereocenters. The van der Waals surface area contributed by atoms with Gasteiger partial charge in [-0.05, 0) is 18.2 Å². The zero-order valence-corrected chi connectivity index (χ0v) is 9.46. The summed E-state index contributed by atoms with van der Waals surface area (Å²) in [5, 5.41) is 6.76. The van der Waals surface area contributed by atoms with Crippen LogP contribution in [0.5, 0.6) is 0 Å². The second-order valence-electron chi connectivity index (χ2n) is 3.77. The number of rotatable bonds is 4. The topological polar surface area (TPSA) is 103 Å². The molecule has 3 aromatic rings. The van der Waals surface area contributed by atoms with Gasteiger partial charge in [0, 0.05) is 18.7 Å². The molecule has 0 saturated heterocycles. The highest BCUT2D eigenvalue weighted by molar-refractivity contribution is 5.78. The summed E-state index contributed by atoms with van der Waals surface area (Å²) in [4.78, 5) is 8.19. The summed E-state index contributed by atoms with van der Waals surface area (Å²) in [6, 6.07) is 5.79. The minimum atomic E-state index is 0.457. The molecular weight excluding hydrogens is 234 g/mol. The molecule has 92 valence electrons. The molecule has 0 spiro atoms. The van der Waals surface area contributed by atoms with Crippen molar-refractivity contribution in [1.82, 2.24) is 15.1 Å². The second kappa shape index (κ2) is 4.36. The first-order valence-electron chi connectivity index (χ1n) is 5.46. The Labute approximate surface area is 102 Å². The maximum atomic E-state index is 5.67. The molecule has 0 radical (unpaired) electrons. The Hall–Kier alpha value is -2.57. The Kier molecular flexibility index (Phi) is 2.56. The SMILES string of the molecule is Nc1ccc2oc(NCCc3ncon3)nc2c1. The van der Waals surface area contributed by atoms with Crippen molar-refractivity contribution in [3.63, 3.8) is 0 Å². The van der Waals surface area contributed by atoms with Gasteiger partial charge in [-0.1, -0.05) is 5.16 Å². The number of nitrogen functional groups attached to an aromatic ring is 1. The van der Waals surface area contributed by atoms with E-state index in [9.17, 15) is 0 Å². The van der Waals surface area contributed by atoms with Crippen LogP contribution in [0.15, 0.2) is 33.5 Å². The standard InChI is InChI=1S/C11H11N5O2/c12-7-1-2-9-8(5-7)15-11(18-9)13-4-3-10-14-6-17-16-10/h1-2,5-6H,3-4,12H2,(H,13,15). The molecule has 7 nitrogen and oxygen atoms in total. The van der Waals surface area contributed by atoms with Crippen molar-refractivity contribution in [1.29, 1.82) is 0 Å². The van der Waals surface area contributed by atoms with Crippen molar-refractivity contribution in [3.8, 4) is 0 Å². The van der Waals surface area contributed by atoms with Crippen LogP contribution in [0.25, 0.3) is 11.1 Å². The van der Waals surface area contributed by atoms with Crippen LogP contribution in [0.2, 0.25) is 0 Å². The maximum Gasteiger partial charge on any atom is 0.295 e. The van der Waals surface area contributed by atoms with Gasteiger partial charge in [0.1, 0.15) is 5.52 Å². The molecule has 3 N–H and O–H groups in total. The lowest BCUT2D eigenvalue weighted by Gasteiger charge is -1.96. The van der Waals surface area contributed by atoms with Gasteiger partial charge < -0.3 is 20.0 Å². The number of anilines is 2. The number of nitrogens with one attached hydrogen (secondary N) is 1. The van der Waals surface area contributed by atoms with Gasteiger partial charge in [0.05, 0.1) is 0 Å².